The smallest absolute Gasteiger partial charge is 0.331 e. The number of ether oxygens (including phenoxy) is 2. The van der Waals surface area contributed by atoms with Gasteiger partial charge in [-0.15, -0.1) is 0 Å². The Kier molecular flexibility index (Phi) is 7.07. The molecule has 0 saturated heterocycles. The molecule has 8 nitrogen and oxygen atoms in total. The fraction of sp³-hybridized carbons (Fsp3) is 0.158. The number of benzene rings is 2. The van der Waals surface area contributed by atoms with Crippen LogP contribution in [-0.4, -0.2) is 30.0 Å². The molecule has 0 aliphatic carbocycles. The van der Waals surface area contributed by atoms with Gasteiger partial charge in [-0.3, -0.25) is 14.9 Å². The summed E-state index contributed by atoms with van der Waals surface area (Å²) in [5, 5.41) is 13.5. The molecule has 0 atom stereocenters. The van der Waals surface area contributed by atoms with Gasteiger partial charge < -0.3 is 14.8 Å². The van der Waals surface area contributed by atoms with Gasteiger partial charge in [0, 0.05) is 12.1 Å². The molecule has 0 spiro atoms. The van der Waals surface area contributed by atoms with Crippen molar-refractivity contribution in [3.63, 3.8) is 0 Å². The molecule has 27 heavy (non-hydrogen) atoms. The highest BCUT2D eigenvalue weighted by Crippen LogP contribution is 2.23. The van der Waals surface area contributed by atoms with E-state index in [1.807, 2.05) is 6.92 Å². The van der Waals surface area contributed by atoms with Crippen LogP contribution in [0.1, 0.15) is 12.5 Å². The summed E-state index contributed by atoms with van der Waals surface area (Å²) < 4.78 is 10.2. The number of nitrogens with one attached hydrogen (secondary N) is 1. The fourth-order valence-electron chi connectivity index (χ4n) is 2.17. The maximum Gasteiger partial charge on any atom is 0.331 e. The second kappa shape index (κ2) is 9.71. The molecule has 0 unspecified atom stereocenters. The summed E-state index contributed by atoms with van der Waals surface area (Å²) in [4.78, 5) is 34.0. The van der Waals surface area contributed by atoms with Crippen LogP contribution in [0.3, 0.4) is 0 Å². The van der Waals surface area contributed by atoms with Crippen molar-refractivity contribution in [3.8, 4) is 5.75 Å². The molecule has 140 valence electrons. The molecule has 0 aliphatic heterocycles. The Hall–Kier alpha value is -3.68. The molecule has 0 saturated carbocycles. The summed E-state index contributed by atoms with van der Waals surface area (Å²) in [6.07, 6.45) is 2.30. The van der Waals surface area contributed by atoms with Crippen LogP contribution < -0.4 is 10.1 Å². The van der Waals surface area contributed by atoms with Crippen LogP contribution >= 0.6 is 0 Å². The largest absolute Gasteiger partial charge is 0.492 e. The molecule has 8 heteroatoms. The molecule has 2 aromatic rings. The first-order valence-corrected chi connectivity index (χ1v) is 8.11. The van der Waals surface area contributed by atoms with E-state index in [2.05, 4.69) is 5.32 Å². The Labute approximate surface area is 155 Å². The van der Waals surface area contributed by atoms with Crippen molar-refractivity contribution in [2.24, 2.45) is 0 Å². The lowest BCUT2D eigenvalue weighted by atomic mass is 10.1. The van der Waals surface area contributed by atoms with Gasteiger partial charge in [0.1, 0.15) is 5.75 Å². The minimum atomic E-state index is -0.790. The van der Waals surface area contributed by atoms with E-state index in [0.717, 1.165) is 6.08 Å². The maximum atomic E-state index is 11.9. The first kappa shape index (κ1) is 19.6. The topological polar surface area (TPSA) is 108 Å². The zero-order chi connectivity index (χ0) is 19.6. The first-order chi connectivity index (χ1) is 13.0. The summed E-state index contributed by atoms with van der Waals surface area (Å²) in [5.41, 5.74) is 0.595. The van der Waals surface area contributed by atoms with Gasteiger partial charge in [-0.2, -0.15) is 0 Å². The van der Waals surface area contributed by atoms with Crippen LogP contribution in [0.2, 0.25) is 0 Å². The molecule has 0 aromatic heterocycles. The second-order valence-corrected chi connectivity index (χ2v) is 5.23. The number of hydrogen-bond donors (Lipinski definition) is 1. The Morgan fingerprint density at radius 1 is 1.15 bits per heavy atom. The van der Waals surface area contributed by atoms with E-state index in [9.17, 15) is 19.7 Å². The zero-order valence-electron chi connectivity index (χ0n) is 14.6. The van der Waals surface area contributed by atoms with Gasteiger partial charge >= 0.3 is 5.97 Å². The third-order valence-electron chi connectivity index (χ3n) is 3.34. The third kappa shape index (κ3) is 5.96. The van der Waals surface area contributed by atoms with Crippen molar-refractivity contribution in [3.05, 3.63) is 70.3 Å². The normalized spacial score (nSPS) is 10.4. The quantitative estimate of drug-likeness (QED) is 0.331. The van der Waals surface area contributed by atoms with Gasteiger partial charge in [0.25, 0.3) is 11.6 Å². The molecule has 2 rings (SSSR count). The molecule has 1 amide bonds. The lowest BCUT2D eigenvalue weighted by Gasteiger charge is -2.11. The number of carbonyl (C=O) groups excluding carboxylic acids is 2. The lowest BCUT2D eigenvalue weighted by Crippen LogP contribution is -2.20. The van der Waals surface area contributed by atoms with Gasteiger partial charge in [0.15, 0.2) is 6.61 Å². The molecule has 0 radical (unpaired) electrons. The Bertz CT molecular complexity index is 863. The van der Waals surface area contributed by atoms with Crippen molar-refractivity contribution in [2.75, 3.05) is 18.5 Å². The van der Waals surface area contributed by atoms with Crippen LogP contribution in [0.25, 0.3) is 6.08 Å². The van der Waals surface area contributed by atoms with Crippen molar-refractivity contribution in [1.82, 2.24) is 0 Å². The van der Waals surface area contributed by atoms with Crippen molar-refractivity contribution >= 4 is 29.3 Å². The highest BCUT2D eigenvalue weighted by molar-refractivity contribution is 5.95. The van der Waals surface area contributed by atoms with E-state index >= 15 is 0 Å². The molecule has 0 aliphatic rings. The second-order valence-electron chi connectivity index (χ2n) is 5.23. The van der Waals surface area contributed by atoms with E-state index in [-0.39, 0.29) is 11.3 Å². The van der Waals surface area contributed by atoms with Gasteiger partial charge in [-0.1, -0.05) is 24.3 Å². The first-order valence-electron chi connectivity index (χ1n) is 8.11. The summed E-state index contributed by atoms with van der Waals surface area (Å²) >= 11 is 0. The Morgan fingerprint density at radius 2 is 1.85 bits per heavy atom. The maximum absolute atomic E-state index is 11.9. The van der Waals surface area contributed by atoms with Crippen LogP contribution in [0.5, 0.6) is 5.75 Å². The molecular formula is C19H18N2O6. The fourth-order valence-corrected chi connectivity index (χ4v) is 2.17. The molecule has 0 bridgehead atoms. The molecule has 0 fully saturated rings. The average molecular weight is 370 g/mol. The number of hydrogen-bond acceptors (Lipinski definition) is 6. The Morgan fingerprint density at radius 3 is 2.59 bits per heavy atom. The number of amides is 1. The highest BCUT2D eigenvalue weighted by Gasteiger charge is 2.11. The molecule has 1 N–H and O–H groups in total. The third-order valence-corrected chi connectivity index (χ3v) is 3.34. The summed E-state index contributed by atoms with van der Waals surface area (Å²) in [5.74, 6) is -0.813. The van der Waals surface area contributed by atoms with E-state index < -0.39 is 23.4 Å². The minimum absolute atomic E-state index is 0.133. The predicted molar refractivity (Wildman–Crippen MR) is 99.3 cm³/mol. The molecule has 0 heterocycles. The number of rotatable bonds is 8. The predicted octanol–water partition coefficient (Wildman–Crippen LogP) is 3.19. The number of para-hydroxylation sites is 3. The van der Waals surface area contributed by atoms with E-state index in [1.165, 1.54) is 24.3 Å². The van der Waals surface area contributed by atoms with Crippen LogP contribution in [-0.2, 0) is 14.3 Å². The highest BCUT2D eigenvalue weighted by atomic mass is 16.6. The van der Waals surface area contributed by atoms with Crippen molar-refractivity contribution < 1.29 is 24.0 Å². The number of nitro groups is 1. The lowest BCUT2D eigenvalue weighted by molar-refractivity contribution is -0.385. The van der Waals surface area contributed by atoms with Crippen LogP contribution in [0.15, 0.2) is 54.6 Å². The van der Waals surface area contributed by atoms with E-state index in [4.69, 9.17) is 9.47 Å². The van der Waals surface area contributed by atoms with Gasteiger partial charge in [0.05, 0.1) is 22.8 Å². The average Bonchev–Trinajstić information content (AvgIpc) is 2.66. The summed E-state index contributed by atoms with van der Waals surface area (Å²) in [7, 11) is 0. The number of anilines is 1. The SMILES string of the molecule is CCOc1ccccc1NC(=O)COC(=O)/C=C/c1ccccc1[N+](=O)[O-]. The van der Waals surface area contributed by atoms with Crippen LogP contribution in [0.4, 0.5) is 11.4 Å². The van der Waals surface area contributed by atoms with Crippen LogP contribution in [0, 0.1) is 10.1 Å². The number of nitro benzene ring substituents is 1. The molecule has 2 aromatic carbocycles. The summed E-state index contributed by atoms with van der Waals surface area (Å²) in [6.45, 7) is 1.77. The molecular weight excluding hydrogens is 352 g/mol. The standard InChI is InChI=1S/C19H18N2O6/c1-2-26-17-10-6-4-8-15(17)20-18(22)13-27-19(23)12-11-14-7-3-5-9-16(14)21(24)25/h3-12H,2,13H2,1H3,(H,20,22)/b12-11+. The summed E-state index contributed by atoms with van der Waals surface area (Å²) in [6, 6.07) is 12.8. The van der Waals surface area contributed by atoms with Crippen molar-refractivity contribution in [1.29, 1.82) is 0 Å². The minimum Gasteiger partial charge on any atom is -0.492 e. The van der Waals surface area contributed by atoms with Gasteiger partial charge in [0.2, 0.25) is 0 Å². The van der Waals surface area contributed by atoms with Gasteiger partial charge in [-0.05, 0) is 31.2 Å². The monoisotopic (exact) mass is 370 g/mol. The van der Waals surface area contributed by atoms with E-state index in [0.29, 0.717) is 18.0 Å². The van der Waals surface area contributed by atoms with Crippen molar-refractivity contribution in [2.45, 2.75) is 6.92 Å². The van der Waals surface area contributed by atoms with Gasteiger partial charge in [-0.25, -0.2) is 4.79 Å². The number of carbonyl (C=O) groups is 2. The van der Waals surface area contributed by atoms with E-state index in [1.54, 1.807) is 30.3 Å². The number of esters is 1. The zero-order valence-corrected chi connectivity index (χ0v) is 14.6. The number of nitrogens with zero attached hydrogens (tertiary/aromatic N) is 1. The Balaban J connectivity index is 1.90.